The van der Waals surface area contributed by atoms with Crippen LogP contribution >= 0.6 is 11.6 Å². The summed E-state index contributed by atoms with van der Waals surface area (Å²) in [5.74, 6) is -1.38. The maximum absolute atomic E-state index is 13.4. The third kappa shape index (κ3) is 2.12. The number of hydrogen-bond donors (Lipinski definition) is 1. The number of halogens is 2. The van der Waals surface area contributed by atoms with Crippen molar-refractivity contribution in [2.45, 2.75) is 6.42 Å². The van der Waals surface area contributed by atoms with Crippen LogP contribution in [0.5, 0.6) is 0 Å². The molecular formula is C15H11ClFNO2. The van der Waals surface area contributed by atoms with E-state index in [0.29, 0.717) is 17.3 Å². The molecule has 1 N–H and O–H groups in total. The number of carboxylic acid groups (broad SMARTS) is 1. The SMILES string of the molecule is O=C(O)c1cc(Cl)ccc1N1CCc2ccc(F)cc21. The second-order valence-electron chi connectivity index (χ2n) is 4.64. The van der Waals surface area contributed by atoms with Crippen molar-refractivity contribution < 1.29 is 14.3 Å². The molecule has 0 spiro atoms. The minimum Gasteiger partial charge on any atom is -0.478 e. The molecule has 1 heterocycles. The second-order valence-corrected chi connectivity index (χ2v) is 5.08. The zero-order valence-corrected chi connectivity index (χ0v) is 11.2. The van der Waals surface area contributed by atoms with Crippen LogP contribution in [-0.4, -0.2) is 17.6 Å². The maximum atomic E-state index is 13.4. The maximum Gasteiger partial charge on any atom is 0.337 e. The van der Waals surface area contributed by atoms with Crippen LogP contribution in [-0.2, 0) is 6.42 Å². The Morgan fingerprint density at radius 2 is 2.00 bits per heavy atom. The average molecular weight is 292 g/mol. The zero-order valence-electron chi connectivity index (χ0n) is 10.4. The molecule has 0 bridgehead atoms. The van der Waals surface area contributed by atoms with Crippen molar-refractivity contribution in [2.75, 3.05) is 11.4 Å². The number of fused-ring (bicyclic) bond motifs is 1. The number of nitrogens with zero attached hydrogens (tertiary/aromatic N) is 1. The van der Waals surface area contributed by atoms with E-state index in [1.54, 1.807) is 18.2 Å². The van der Waals surface area contributed by atoms with E-state index in [0.717, 1.165) is 17.7 Å². The van der Waals surface area contributed by atoms with Crippen LogP contribution in [0.25, 0.3) is 0 Å². The summed E-state index contributed by atoms with van der Waals surface area (Å²) in [5.41, 5.74) is 2.38. The lowest BCUT2D eigenvalue weighted by Gasteiger charge is -2.21. The van der Waals surface area contributed by atoms with Gasteiger partial charge in [0, 0.05) is 17.3 Å². The van der Waals surface area contributed by atoms with E-state index >= 15 is 0 Å². The predicted octanol–water partition coefficient (Wildman–Crippen LogP) is 3.87. The second kappa shape index (κ2) is 4.80. The number of rotatable bonds is 2. The summed E-state index contributed by atoms with van der Waals surface area (Å²) in [6.07, 6.45) is 0.761. The first-order chi connectivity index (χ1) is 9.56. The lowest BCUT2D eigenvalue weighted by Crippen LogP contribution is -2.17. The van der Waals surface area contributed by atoms with Crippen LogP contribution in [0.3, 0.4) is 0 Å². The van der Waals surface area contributed by atoms with Gasteiger partial charge in [0.15, 0.2) is 0 Å². The smallest absolute Gasteiger partial charge is 0.337 e. The summed E-state index contributed by atoms with van der Waals surface area (Å²) in [6, 6.07) is 9.30. The van der Waals surface area contributed by atoms with E-state index in [9.17, 15) is 14.3 Å². The standard InChI is InChI=1S/C15H11ClFNO2/c16-10-2-4-13(12(7-10)15(19)20)18-6-5-9-1-3-11(17)8-14(9)18/h1-4,7-8H,5-6H2,(H,19,20). The first-order valence-electron chi connectivity index (χ1n) is 6.15. The Labute approximate surface area is 120 Å². The number of aromatic carboxylic acids is 1. The molecule has 1 aliphatic rings. The van der Waals surface area contributed by atoms with E-state index < -0.39 is 5.97 Å². The molecule has 20 heavy (non-hydrogen) atoms. The summed E-state index contributed by atoms with van der Waals surface area (Å²) in [5, 5.41) is 9.66. The predicted molar refractivity (Wildman–Crippen MR) is 75.5 cm³/mol. The number of benzene rings is 2. The van der Waals surface area contributed by atoms with Gasteiger partial charge in [-0.05, 0) is 42.3 Å². The van der Waals surface area contributed by atoms with Crippen molar-refractivity contribution in [1.82, 2.24) is 0 Å². The molecule has 0 saturated heterocycles. The first-order valence-corrected chi connectivity index (χ1v) is 6.53. The third-order valence-corrected chi connectivity index (χ3v) is 3.66. The highest BCUT2D eigenvalue weighted by molar-refractivity contribution is 6.31. The first kappa shape index (κ1) is 12.9. The van der Waals surface area contributed by atoms with Crippen LogP contribution in [0, 0.1) is 5.82 Å². The summed E-state index contributed by atoms with van der Waals surface area (Å²) >= 11 is 5.85. The lowest BCUT2D eigenvalue weighted by atomic mass is 10.1. The molecule has 3 rings (SSSR count). The highest BCUT2D eigenvalue weighted by atomic mass is 35.5. The van der Waals surface area contributed by atoms with E-state index in [-0.39, 0.29) is 11.4 Å². The molecule has 0 unspecified atom stereocenters. The van der Waals surface area contributed by atoms with Gasteiger partial charge in [-0.25, -0.2) is 9.18 Å². The molecular weight excluding hydrogens is 281 g/mol. The molecule has 0 aromatic heterocycles. The Bertz CT molecular complexity index is 702. The Hall–Kier alpha value is -2.07. The Morgan fingerprint density at radius 1 is 1.20 bits per heavy atom. The Morgan fingerprint density at radius 3 is 2.75 bits per heavy atom. The number of anilines is 2. The van der Waals surface area contributed by atoms with Crippen LogP contribution < -0.4 is 4.90 Å². The molecule has 102 valence electrons. The van der Waals surface area contributed by atoms with Crippen molar-refractivity contribution in [3.8, 4) is 0 Å². The van der Waals surface area contributed by atoms with Crippen LogP contribution in [0.4, 0.5) is 15.8 Å². The summed E-state index contributed by atoms with van der Waals surface area (Å²) in [4.78, 5) is 13.2. The molecule has 2 aromatic rings. The van der Waals surface area contributed by atoms with Crippen LogP contribution in [0.2, 0.25) is 5.02 Å². The fourth-order valence-electron chi connectivity index (χ4n) is 2.52. The van der Waals surface area contributed by atoms with Gasteiger partial charge >= 0.3 is 5.97 Å². The zero-order chi connectivity index (χ0) is 14.3. The fraction of sp³-hybridized carbons (Fsp3) is 0.133. The van der Waals surface area contributed by atoms with Crippen molar-refractivity contribution in [1.29, 1.82) is 0 Å². The van der Waals surface area contributed by atoms with Gasteiger partial charge in [-0.3, -0.25) is 0 Å². The molecule has 5 heteroatoms. The molecule has 0 saturated carbocycles. The van der Waals surface area contributed by atoms with Crippen LogP contribution in [0.1, 0.15) is 15.9 Å². The molecule has 0 fully saturated rings. The molecule has 3 nitrogen and oxygen atoms in total. The minimum absolute atomic E-state index is 0.120. The monoisotopic (exact) mass is 291 g/mol. The van der Waals surface area contributed by atoms with E-state index in [1.807, 2.05) is 4.90 Å². The summed E-state index contributed by atoms with van der Waals surface area (Å²) in [7, 11) is 0. The van der Waals surface area contributed by atoms with Crippen molar-refractivity contribution in [3.63, 3.8) is 0 Å². The van der Waals surface area contributed by atoms with Crippen molar-refractivity contribution in [2.24, 2.45) is 0 Å². The van der Waals surface area contributed by atoms with Gasteiger partial charge in [0.2, 0.25) is 0 Å². The largest absolute Gasteiger partial charge is 0.478 e. The Balaban J connectivity index is 2.13. The normalized spacial score (nSPS) is 13.4. The van der Waals surface area contributed by atoms with Gasteiger partial charge in [-0.2, -0.15) is 0 Å². The third-order valence-electron chi connectivity index (χ3n) is 3.42. The average Bonchev–Trinajstić information content (AvgIpc) is 2.81. The summed E-state index contributed by atoms with van der Waals surface area (Å²) in [6.45, 7) is 0.626. The summed E-state index contributed by atoms with van der Waals surface area (Å²) < 4.78 is 13.4. The van der Waals surface area contributed by atoms with Gasteiger partial charge in [-0.15, -0.1) is 0 Å². The van der Waals surface area contributed by atoms with E-state index in [1.165, 1.54) is 18.2 Å². The van der Waals surface area contributed by atoms with Crippen molar-refractivity contribution in [3.05, 3.63) is 58.4 Å². The molecule has 2 aromatic carbocycles. The van der Waals surface area contributed by atoms with E-state index in [4.69, 9.17) is 11.6 Å². The van der Waals surface area contributed by atoms with E-state index in [2.05, 4.69) is 0 Å². The molecule has 1 aliphatic heterocycles. The van der Waals surface area contributed by atoms with Gasteiger partial charge in [0.25, 0.3) is 0 Å². The number of carbonyl (C=O) groups is 1. The Kier molecular flexibility index (Phi) is 3.10. The molecule has 0 aliphatic carbocycles. The topological polar surface area (TPSA) is 40.5 Å². The van der Waals surface area contributed by atoms with Gasteiger partial charge in [-0.1, -0.05) is 17.7 Å². The number of carboxylic acids is 1. The minimum atomic E-state index is -1.05. The van der Waals surface area contributed by atoms with Gasteiger partial charge in [0.1, 0.15) is 5.82 Å². The molecule has 0 radical (unpaired) electrons. The van der Waals surface area contributed by atoms with Crippen molar-refractivity contribution >= 4 is 28.9 Å². The highest BCUT2D eigenvalue weighted by Gasteiger charge is 2.24. The molecule has 0 amide bonds. The highest BCUT2D eigenvalue weighted by Crippen LogP contribution is 2.37. The number of hydrogen-bond acceptors (Lipinski definition) is 2. The fourth-order valence-corrected chi connectivity index (χ4v) is 2.69. The van der Waals surface area contributed by atoms with Crippen LogP contribution in [0.15, 0.2) is 36.4 Å². The molecule has 0 atom stereocenters. The van der Waals surface area contributed by atoms with Gasteiger partial charge in [0.05, 0.1) is 11.3 Å². The quantitative estimate of drug-likeness (QED) is 0.913. The lowest BCUT2D eigenvalue weighted by molar-refractivity contribution is 0.0697. The van der Waals surface area contributed by atoms with Gasteiger partial charge < -0.3 is 10.0 Å².